The number of carbonyl (C=O) groups excluding carboxylic acids is 1. The van der Waals surface area contributed by atoms with Crippen LogP contribution in [0.5, 0.6) is 0 Å². The highest BCUT2D eigenvalue weighted by Gasteiger charge is 2.37. The van der Waals surface area contributed by atoms with E-state index in [2.05, 4.69) is 22.4 Å². The van der Waals surface area contributed by atoms with Gasteiger partial charge in [-0.2, -0.15) is 13.2 Å². The van der Waals surface area contributed by atoms with Crippen LogP contribution in [0.3, 0.4) is 0 Å². The summed E-state index contributed by atoms with van der Waals surface area (Å²) in [5.74, 6) is 0.163. The summed E-state index contributed by atoms with van der Waals surface area (Å²) in [5.41, 5.74) is 9.09. The van der Waals surface area contributed by atoms with Crippen molar-refractivity contribution in [2.45, 2.75) is 50.9 Å². The smallest absolute Gasteiger partial charge is 0.337 e. The number of benzene rings is 2. The second-order valence-corrected chi connectivity index (χ2v) is 9.95. The third kappa shape index (κ3) is 4.92. The molecular weight excluding hydrogens is 491 g/mol. The van der Waals surface area contributed by atoms with Crippen LogP contribution in [0.4, 0.5) is 24.5 Å². The van der Waals surface area contributed by atoms with Crippen LogP contribution in [0.25, 0.3) is 5.57 Å². The van der Waals surface area contributed by atoms with E-state index in [-0.39, 0.29) is 22.5 Å². The second-order valence-electron chi connectivity index (χ2n) is 9.51. The monoisotopic (exact) mass is 519 g/mol. The summed E-state index contributed by atoms with van der Waals surface area (Å²) in [6.07, 6.45) is 1.36. The normalized spacial score (nSPS) is 21.0. The minimum Gasteiger partial charge on any atom is -0.337 e. The fourth-order valence-electron chi connectivity index (χ4n) is 5.21. The Morgan fingerprint density at radius 3 is 2.69 bits per heavy atom. The number of fused-ring (bicyclic) bond motifs is 1. The molecule has 1 fully saturated rings. The highest BCUT2D eigenvalue weighted by Crippen LogP contribution is 2.42. The number of hydrazine groups is 2. The quantitative estimate of drug-likeness (QED) is 0.496. The van der Waals surface area contributed by atoms with E-state index in [1.807, 2.05) is 23.1 Å². The molecule has 0 radical (unpaired) electrons. The number of piperidine rings is 1. The van der Waals surface area contributed by atoms with Crippen molar-refractivity contribution in [3.05, 3.63) is 64.2 Å². The number of carbonyl (C=O) groups is 1. The van der Waals surface area contributed by atoms with Crippen LogP contribution in [0.2, 0.25) is 5.02 Å². The number of halogens is 4. The van der Waals surface area contributed by atoms with Gasteiger partial charge in [-0.15, -0.1) is 5.53 Å². The molecule has 3 aliphatic heterocycles. The van der Waals surface area contributed by atoms with Crippen molar-refractivity contribution in [2.24, 2.45) is 0 Å². The van der Waals surface area contributed by atoms with Gasteiger partial charge in [-0.3, -0.25) is 9.80 Å². The predicted octanol–water partition coefficient (Wildman–Crippen LogP) is 5.53. The summed E-state index contributed by atoms with van der Waals surface area (Å²) in [6.45, 7) is 3.81. The van der Waals surface area contributed by atoms with Gasteiger partial charge in [0.1, 0.15) is 0 Å². The van der Waals surface area contributed by atoms with Crippen LogP contribution in [0, 0.1) is 0 Å². The number of hydrogen-bond donors (Lipinski definition) is 3. The lowest BCUT2D eigenvalue weighted by Gasteiger charge is -2.32. The van der Waals surface area contributed by atoms with Gasteiger partial charge in [0.2, 0.25) is 5.91 Å². The zero-order valence-corrected chi connectivity index (χ0v) is 20.7. The zero-order valence-electron chi connectivity index (χ0n) is 20.0. The van der Waals surface area contributed by atoms with E-state index in [1.54, 1.807) is 11.9 Å². The number of anilines is 2. The fraction of sp³-hybridized carbons (Fsp3) is 0.423. The summed E-state index contributed by atoms with van der Waals surface area (Å²) in [5, 5.41) is 5.07. The molecule has 0 bridgehead atoms. The first-order chi connectivity index (χ1) is 17.2. The highest BCUT2D eigenvalue weighted by molar-refractivity contribution is 6.30. The molecule has 0 unspecified atom stereocenters. The van der Waals surface area contributed by atoms with Crippen LogP contribution in [-0.2, 0) is 11.0 Å². The molecule has 2 aromatic carbocycles. The van der Waals surface area contributed by atoms with Gasteiger partial charge < -0.3 is 15.6 Å². The van der Waals surface area contributed by atoms with Crippen molar-refractivity contribution in [1.82, 2.24) is 15.8 Å². The minimum absolute atomic E-state index is 0.0458. The van der Waals surface area contributed by atoms with Crippen molar-refractivity contribution in [3.63, 3.8) is 0 Å². The van der Waals surface area contributed by atoms with Crippen molar-refractivity contribution in [3.8, 4) is 0 Å². The van der Waals surface area contributed by atoms with Gasteiger partial charge in [-0.05, 0) is 73.7 Å². The first kappa shape index (κ1) is 24.9. The molecule has 5 rings (SSSR count). The minimum atomic E-state index is -4.52. The Balaban J connectivity index is 1.35. The first-order valence-corrected chi connectivity index (χ1v) is 12.6. The molecule has 1 saturated heterocycles. The highest BCUT2D eigenvalue weighted by atomic mass is 35.5. The topological polar surface area (TPSA) is 59.6 Å². The van der Waals surface area contributed by atoms with Gasteiger partial charge in [-0.1, -0.05) is 36.2 Å². The molecule has 2 atom stereocenters. The predicted molar refractivity (Wildman–Crippen MR) is 135 cm³/mol. The lowest BCUT2D eigenvalue weighted by molar-refractivity contribution is -0.138. The molecule has 3 heterocycles. The van der Waals surface area contributed by atoms with Gasteiger partial charge in [0, 0.05) is 18.1 Å². The van der Waals surface area contributed by atoms with Crippen molar-refractivity contribution in [2.75, 3.05) is 30.1 Å². The van der Waals surface area contributed by atoms with E-state index in [9.17, 15) is 18.0 Å². The third-order valence-corrected chi connectivity index (χ3v) is 7.46. The second kappa shape index (κ2) is 9.95. The average molecular weight is 520 g/mol. The van der Waals surface area contributed by atoms with Crippen LogP contribution in [0.15, 0.2) is 42.5 Å². The Morgan fingerprint density at radius 1 is 1.17 bits per heavy atom. The molecule has 192 valence electrons. The number of nitrogens with one attached hydrogen (secondary N) is 3. The van der Waals surface area contributed by atoms with Crippen LogP contribution < -0.4 is 21.3 Å². The maximum Gasteiger partial charge on any atom is 0.416 e. The van der Waals surface area contributed by atoms with Gasteiger partial charge in [0.25, 0.3) is 0 Å². The van der Waals surface area contributed by atoms with E-state index >= 15 is 0 Å². The fourth-order valence-corrected chi connectivity index (χ4v) is 5.39. The first-order valence-electron chi connectivity index (χ1n) is 12.3. The zero-order chi connectivity index (χ0) is 25.4. The molecule has 2 aromatic rings. The maximum absolute atomic E-state index is 13.7. The molecule has 0 spiro atoms. The molecule has 36 heavy (non-hydrogen) atoms. The SMILES string of the molecule is C[C@H](c1ccc(Cl)cc1C(F)(F)F)N1NNc2ccc(C3=CCN(C(=O)[C@H]4CCCCN4)CC3)cc21. The lowest BCUT2D eigenvalue weighted by atomic mass is 9.96. The summed E-state index contributed by atoms with van der Waals surface area (Å²) in [4.78, 5) is 14.7. The van der Waals surface area contributed by atoms with Gasteiger partial charge in [-0.25, -0.2) is 0 Å². The van der Waals surface area contributed by atoms with Gasteiger partial charge >= 0.3 is 6.18 Å². The van der Waals surface area contributed by atoms with Crippen molar-refractivity contribution in [1.29, 1.82) is 0 Å². The average Bonchev–Trinajstić information content (AvgIpc) is 3.31. The molecule has 0 aliphatic carbocycles. The summed E-state index contributed by atoms with van der Waals surface area (Å²) < 4.78 is 41.2. The molecule has 3 N–H and O–H groups in total. The Bertz CT molecular complexity index is 1180. The summed E-state index contributed by atoms with van der Waals surface area (Å²) in [7, 11) is 0. The Labute approximate surface area is 213 Å². The standard InChI is InChI=1S/C26H29ClF3N5O/c1-16(20-7-6-19(27)15-21(20)26(28,29)30)35-24-14-18(5-8-22(24)32-33-35)17-9-12-34(13-10-17)25(36)23-4-2-3-11-31-23/h5-9,14-16,23,31-33H,2-4,10-13H2,1H3/t16-,23-/m1/s1. The van der Waals surface area contributed by atoms with Crippen LogP contribution in [0.1, 0.15) is 55.3 Å². The Kier molecular flexibility index (Phi) is 6.89. The number of amides is 1. The Morgan fingerprint density at radius 2 is 2.00 bits per heavy atom. The number of hydrogen-bond acceptors (Lipinski definition) is 5. The van der Waals surface area contributed by atoms with E-state index in [4.69, 9.17) is 11.6 Å². The third-order valence-electron chi connectivity index (χ3n) is 7.23. The van der Waals surface area contributed by atoms with Crippen molar-refractivity contribution >= 4 is 34.5 Å². The van der Waals surface area contributed by atoms with E-state index in [0.29, 0.717) is 13.1 Å². The molecular formula is C26H29ClF3N5O. The van der Waals surface area contributed by atoms with Crippen LogP contribution >= 0.6 is 11.6 Å². The summed E-state index contributed by atoms with van der Waals surface area (Å²) in [6, 6.07) is 9.06. The van der Waals surface area contributed by atoms with Crippen molar-refractivity contribution < 1.29 is 18.0 Å². The number of rotatable bonds is 4. The van der Waals surface area contributed by atoms with Gasteiger partial charge in [0.05, 0.1) is 29.0 Å². The molecule has 1 amide bonds. The molecule has 10 heteroatoms. The van der Waals surface area contributed by atoms with E-state index in [0.717, 1.165) is 60.8 Å². The molecule has 3 aliphatic rings. The number of alkyl halides is 3. The number of nitrogens with zero attached hydrogens (tertiary/aromatic N) is 2. The van der Waals surface area contributed by atoms with E-state index < -0.39 is 17.8 Å². The molecule has 0 aromatic heterocycles. The Hall–Kier alpha value is -2.75. The molecule has 0 saturated carbocycles. The van der Waals surface area contributed by atoms with Gasteiger partial charge in [0.15, 0.2) is 0 Å². The maximum atomic E-state index is 13.7. The lowest BCUT2D eigenvalue weighted by Crippen LogP contribution is -2.49. The van der Waals surface area contributed by atoms with E-state index in [1.165, 1.54) is 12.1 Å². The largest absolute Gasteiger partial charge is 0.416 e. The summed E-state index contributed by atoms with van der Waals surface area (Å²) >= 11 is 5.87. The molecule has 6 nitrogen and oxygen atoms in total. The van der Waals surface area contributed by atoms with Crippen LogP contribution in [-0.4, -0.2) is 36.5 Å².